The predicted octanol–water partition coefficient (Wildman–Crippen LogP) is 2.71. The number of carbonyl (C=O) groups excluding carboxylic acids is 3. The first-order valence-electron chi connectivity index (χ1n) is 8.60. The van der Waals surface area contributed by atoms with Crippen molar-refractivity contribution >= 4 is 17.9 Å². The predicted molar refractivity (Wildman–Crippen MR) is 90.4 cm³/mol. The number of ether oxygens (including phenoxy) is 3. The molecule has 0 aromatic heterocycles. The molecule has 138 valence electrons. The van der Waals surface area contributed by atoms with Crippen LogP contribution in [0.15, 0.2) is 23.8 Å². The highest BCUT2D eigenvalue weighted by atomic mass is 16.6. The Bertz CT molecular complexity index is 605. The Morgan fingerprint density at radius 1 is 1.20 bits per heavy atom. The molecule has 2 unspecified atom stereocenters. The van der Waals surface area contributed by atoms with Crippen LogP contribution in [0.3, 0.4) is 0 Å². The Morgan fingerprint density at radius 2 is 1.80 bits per heavy atom. The second-order valence-electron chi connectivity index (χ2n) is 6.91. The lowest BCUT2D eigenvalue weighted by Gasteiger charge is -2.30. The minimum absolute atomic E-state index is 0.125. The van der Waals surface area contributed by atoms with E-state index < -0.39 is 24.1 Å². The summed E-state index contributed by atoms with van der Waals surface area (Å²) in [6, 6.07) is 0. The fourth-order valence-corrected chi connectivity index (χ4v) is 3.46. The van der Waals surface area contributed by atoms with Crippen LogP contribution in [0, 0.1) is 11.8 Å². The fraction of sp³-hybridized carbons (Fsp3) is 0.632. The van der Waals surface area contributed by atoms with Crippen molar-refractivity contribution in [3.63, 3.8) is 0 Å². The van der Waals surface area contributed by atoms with Crippen molar-refractivity contribution in [1.82, 2.24) is 0 Å². The maximum absolute atomic E-state index is 12.0. The summed E-state index contributed by atoms with van der Waals surface area (Å²) in [4.78, 5) is 35.0. The standard InChI is InChI=1S/C19H26O6/c1-10-6-7-16(23-13(4)20)12(3)17(24-14(5)21)9-15-11(2)19(22)25-18(15)8-10/h8,11,15-18H,3,6-7,9H2,1-2,4-5H3/b10-8+/t11-,15-,16?,17?,18+/m0/s1. The van der Waals surface area contributed by atoms with E-state index in [1.165, 1.54) is 13.8 Å². The molecule has 0 bridgehead atoms. The van der Waals surface area contributed by atoms with Crippen molar-refractivity contribution in [2.45, 2.75) is 65.3 Å². The lowest BCUT2D eigenvalue weighted by Crippen LogP contribution is -2.34. The first kappa shape index (κ1) is 19.2. The number of carbonyl (C=O) groups is 3. The molecule has 25 heavy (non-hydrogen) atoms. The van der Waals surface area contributed by atoms with Crippen LogP contribution in [-0.4, -0.2) is 36.2 Å². The van der Waals surface area contributed by atoms with Crippen molar-refractivity contribution in [1.29, 1.82) is 0 Å². The van der Waals surface area contributed by atoms with Gasteiger partial charge in [0.2, 0.25) is 0 Å². The summed E-state index contributed by atoms with van der Waals surface area (Å²) in [6.45, 7) is 10.5. The van der Waals surface area contributed by atoms with Gasteiger partial charge in [0, 0.05) is 25.3 Å². The minimum atomic E-state index is -0.627. The van der Waals surface area contributed by atoms with Crippen molar-refractivity contribution in [3.8, 4) is 0 Å². The van der Waals surface area contributed by atoms with Gasteiger partial charge in [0.1, 0.15) is 18.3 Å². The molecule has 1 saturated heterocycles. The summed E-state index contributed by atoms with van der Waals surface area (Å²) in [5.74, 6) is -1.52. The van der Waals surface area contributed by atoms with Gasteiger partial charge in [-0.05, 0) is 32.3 Å². The van der Waals surface area contributed by atoms with Gasteiger partial charge in [-0.3, -0.25) is 14.4 Å². The molecule has 0 radical (unpaired) electrons. The summed E-state index contributed by atoms with van der Waals surface area (Å²) >= 11 is 0. The molecule has 6 nitrogen and oxygen atoms in total. The largest absolute Gasteiger partial charge is 0.458 e. The molecule has 2 aliphatic rings. The zero-order valence-electron chi connectivity index (χ0n) is 15.2. The van der Waals surface area contributed by atoms with Gasteiger partial charge in [0.25, 0.3) is 0 Å². The van der Waals surface area contributed by atoms with E-state index in [1.54, 1.807) is 0 Å². The van der Waals surface area contributed by atoms with Crippen LogP contribution in [0.4, 0.5) is 0 Å². The van der Waals surface area contributed by atoms with Crippen LogP contribution in [0.1, 0.15) is 47.0 Å². The van der Waals surface area contributed by atoms with Gasteiger partial charge in [-0.15, -0.1) is 0 Å². The molecule has 2 rings (SSSR count). The number of hydrogen-bond acceptors (Lipinski definition) is 6. The van der Waals surface area contributed by atoms with E-state index >= 15 is 0 Å². The van der Waals surface area contributed by atoms with E-state index in [2.05, 4.69) is 6.58 Å². The third-order valence-electron chi connectivity index (χ3n) is 4.87. The molecule has 0 aromatic carbocycles. The highest BCUT2D eigenvalue weighted by Gasteiger charge is 2.43. The fourth-order valence-electron chi connectivity index (χ4n) is 3.46. The number of fused-ring (bicyclic) bond motifs is 1. The number of allylic oxidation sites excluding steroid dienone is 1. The summed E-state index contributed by atoms with van der Waals surface area (Å²) in [7, 11) is 0. The smallest absolute Gasteiger partial charge is 0.309 e. The van der Waals surface area contributed by atoms with Gasteiger partial charge in [-0.1, -0.05) is 19.1 Å². The quantitative estimate of drug-likeness (QED) is 0.433. The number of esters is 3. The average molecular weight is 350 g/mol. The lowest BCUT2D eigenvalue weighted by molar-refractivity contribution is -0.149. The first-order chi connectivity index (χ1) is 11.7. The molecular weight excluding hydrogens is 324 g/mol. The topological polar surface area (TPSA) is 78.9 Å². The Balaban J connectivity index is 2.36. The highest BCUT2D eigenvalue weighted by Crippen LogP contribution is 2.37. The Morgan fingerprint density at radius 3 is 2.40 bits per heavy atom. The zero-order chi connectivity index (χ0) is 18.7. The first-order valence-corrected chi connectivity index (χ1v) is 8.60. The second-order valence-corrected chi connectivity index (χ2v) is 6.91. The lowest BCUT2D eigenvalue weighted by atomic mass is 9.82. The molecular formula is C19H26O6. The van der Waals surface area contributed by atoms with E-state index in [-0.39, 0.29) is 23.9 Å². The maximum atomic E-state index is 12.0. The highest BCUT2D eigenvalue weighted by molar-refractivity contribution is 5.75. The summed E-state index contributed by atoms with van der Waals surface area (Å²) in [5, 5.41) is 0. The van der Waals surface area contributed by atoms with Gasteiger partial charge in [0.15, 0.2) is 0 Å². The monoisotopic (exact) mass is 350 g/mol. The molecule has 0 N–H and O–H groups in total. The van der Waals surface area contributed by atoms with Crippen LogP contribution in [0.5, 0.6) is 0 Å². The zero-order valence-corrected chi connectivity index (χ0v) is 15.2. The molecule has 5 atom stereocenters. The van der Waals surface area contributed by atoms with Crippen molar-refractivity contribution < 1.29 is 28.6 Å². The van der Waals surface area contributed by atoms with Crippen LogP contribution in [-0.2, 0) is 28.6 Å². The van der Waals surface area contributed by atoms with E-state index in [9.17, 15) is 14.4 Å². The SMILES string of the molecule is C=C1C(OC(C)=O)CC/C(C)=C/[C@H]2OC(=O)[C@@H](C)[C@@H]2CC1OC(C)=O. The van der Waals surface area contributed by atoms with Crippen LogP contribution in [0.2, 0.25) is 0 Å². The molecule has 1 aliphatic carbocycles. The van der Waals surface area contributed by atoms with E-state index in [0.717, 1.165) is 5.57 Å². The molecule has 0 amide bonds. The average Bonchev–Trinajstić information content (AvgIpc) is 2.76. The minimum Gasteiger partial charge on any atom is -0.458 e. The van der Waals surface area contributed by atoms with E-state index in [1.807, 2.05) is 19.9 Å². The van der Waals surface area contributed by atoms with Gasteiger partial charge in [-0.2, -0.15) is 0 Å². The summed E-state index contributed by atoms with van der Waals surface area (Å²) in [5.41, 5.74) is 1.61. The molecule has 6 heteroatoms. The van der Waals surface area contributed by atoms with Gasteiger partial charge < -0.3 is 14.2 Å². The summed E-state index contributed by atoms with van der Waals surface area (Å²) < 4.78 is 16.3. The number of hydrogen-bond donors (Lipinski definition) is 0. The molecule has 0 spiro atoms. The molecule has 0 saturated carbocycles. The van der Waals surface area contributed by atoms with Gasteiger partial charge in [-0.25, -0.2) is 0 Å². The third kappa shape index (κ3) is 4.71. The van der Waals surface area contributed by atoms with Crippen LogP contribution >= 0.6 is 0 Å². The Kier molecular flexibility index (Phi) is 6.03. The second kappa shape index (κ2) is 7.85. The Labute approximate surface area is 148 Å². The van der Waals surface area contributed by atoms with Gasteiger partial charge >= 0.3 is 17.9 Å². The normalized spacial score (nSPS) is 35.0. The maximum Gasteiger partial charge on any atom is 0.309 e. The van der Waals surface area contributed by atoms with Crippen molar-refractivity contribution in [2.75, 3.05) is 0 Å². The summed E-state index contributed by atoms with van der Waals surface area (Å²) in [6.07, 6.45) is 2.07. The van der Waals surface area contributed by atoms with Crippen molar-refractivity contribution in [3.05, 3.63) is 23.8 Å². The van der Waals surface area contributed by atoms with Crippen LogP contribution in [0.25, 0.3) is 0 Å². The molecule has 1 heterocycles. The van der Waals surface area contributed by atoms with Crippen LogP contribution < -0.4 is 0 Å². The number of rotatable bonds is 2. The van der Waals surface area contributed by atoms with Gasteiger partial charge in [0.05, 0.1) is 5.92 Å². The van der Waals surface area contributed by atoms with E-state index in [4.69, 9.17) is 14.2 Å². The van der Waals surface area contributed by atoms with Crippen molar-refractivity contribution in [2.24, 2.45) is 11.8 Å². The molecule has 1 fully saturated rings. The molecule has 0 aromatic rings. The third-order valence-corrected chi connectivity index (χ3v) is 4.87. The molecule has 1 aliphatic heterocycles. The Hall–Kier alpha value is -2.11. The van der Waals surface area contributed by atoms with E-state index in [0.29, 0.717) is 24.8 Å².